The number of carbonyl (C=O) groups is 1. The topological polar surface area (TPSA) is 30.0 Å². The zero-order valence-corrected chi connectivity index (χ0v) is 10.6. The highest BCUT2D eigenvalue weighted by Gasteiger charge is 2.57. The third kappa shape index (κ3) is 1.47. The summed E-state index contributed by atoms with van der Waals surface area (Å²) < 4.78 is 0. The third-order valence-electron chi connectivity index (χ3n) is 5.27. The minimum absolute atomic E-state index is 0.116. The largest absolute Gasteiger partial charge is 0.299 e. The van der Waals surface area contributed by atoms with Gasteiger partial charge in [-0.1, -0.05) is 12.5 Å². The van der Waals surface area contributed by atoms with Crippen LogP contribution in [0.3, 0.4) is 0 Å². The van der Waals surface area contributed by atoms with Crippen molar-refractivity contribution >= 4 is 5.78 Å². The Balaban J connectivity index is 1.61. The summed E-state index contributed by atoms with van der Waals surface area (Å²) in [6.45, 7) is 0. The van der Waals surface area contributed by atoms with Crippen molar-refractivity contribution < 1.29 is 4.79 Å². The van der Waals surface area contributed by atoms with E-state index in [1.807, 2.05) is 12.3 Å². The molecule has 94 valence electrons. The first-order valence-electron chi connectivity index (χ1n) is 7.34. The molecule has 0 bridgehead atoms. The summed E-state index contributed by atoms with van der Waals surface area (Å²) >= 11 is 0. The smallest absolute Gasteiger partial charge is 0.145 e. The molecule has 2 heteroatoms. The standard InChI is InChI=1S/C16H19NO/c18-16(14-11-6-2-7-12(11)14)13-8-1-4-10-5-3-9-17-15(10)13/h3,5,9,11-14H,1-2,4,6-8H2. The number of pyridine rings is 1. The summed E-state index contributed by atoms with van der Waals surface area (Å²) in [5.74, 6) is 2.52. The average molecular weight is 241 g/mol. The molecule has 0 aromatic carbocycles. The van der Waals surface area contributed by atoms with E-state index >= 15 is 0 Å². The maximum absolute atomic E-state index is 12.7. The molecule has 4 rings (SSSR count). The molecule has 3 aliphatic rings. The van der Waals surface area contributed by atoms with Crippen LogP contribution in [0.5, 0.6) is 0 Å². The Bertz CT molecular complexity index is 486. The summed E-state index contributed by atoms with van der Waals surface area (Å²) in [5, 5.41) is 0. The van der Waals surface area contributed by atoms with Gasteiger partial charge in [0, 0.05) is 12.1 Å². The van der Waals surface area contributed by atoms with Crippen molar-refractivity contribution in [3.8, 4) is 0 Å². The Morgan fingerprint density at radius 1 is 1.17 bits per heavy atom. The van der Waals surface area contributed by atoms with Crippen molar-refractivity contribution in [2.45, 2.75) is 44.4 Å². The van der Waals surface area contributed by atoms with Gasteiger partial charge in [-0.15, -0.1) is 0 Å². The van der Waals surface area contributed by atoms with Crippen LogP contribution in [-0.2, 0) is 11.2 Å². The van der Waals surface area contributed by atoms with Gasteiger partial charge >= 0.3 is 0 Å². The summed E-state index contributed by atoms with van der Waals surface area (Å²) in [7, 11) is 0. The Kier molecular flexibility index (Phi) is 2.33. The fraction of sp³-hybridized carbons (Fsp3) is 0.625. The quantitative estimate of drug-likeness (QED) is 0.796. The van der Waals surface area contributed by atoms with Crippen LogP contribution in [-0.4, -0.2) is 10.8 Å². The van der Waals surface area contributed by atoms with E-state index in [0.717, 1.165) is 36.8 Å². The van der Waals surface area contributed by atoms with E-state index in [1.165, 1.54) is 24.8 Å². The van der Waals surface area contributed by atoms with E-state index in [4.69, 9.17) is 0 Å². The molecular formula is C16H19NO. The SMILES string of the molecule is O=C(C1CCCc2cccnc21)C1C2CCCC21. The lowest BCUT2D eigenvalue weighted by Gasteiger charge is -2.23. The molecular weight excluding hydrogens is 222 g/mol. The molecule has 0 amide bonds. The molecule has 1 heterocycles. The summed E-state index contributed by atoms with van der Waals surface area (Å²) in [5.41, 5.74) is 2.41. The number of carbonyl (C=O) groups excluding carboxylic acids is 1. The van der Waals surface area contributed by atoms with Crippen molar-refractivity contribution in [1.82, 2.24) is 4.98 Å². The third-order valence-corrected chi connectivity index (χ3v) is 5.27. The molecule has 3 unspecified atom stereocenters. The van der Waals surface area contributed by atoms with Crippen molar-refractivity contribution in [2.75, 3.05) is 0 Å². The van der Waals surface area contributed by atoms with E-state index in [-0.39, 0.29) is 5.92 Å². The molecule has 0 N–H and O–H groups in total. The van der Waals surface area contributed by atoms with Gasteiger partial charge in [0.1, 0.15) is 5.78 Å². The van der Waals surface area contributed by atoms with Crippen LogP contribution >= 0.6 is 0 Å². The molecule has 18 heavy (non-hydrogen) atoms. The molecule has 1 aromatic rings. The molecule has 0 aliphatic heterocycles. The van der Waals surface area contributed by atoms with Gasteiger partial charge in [0.05, 0.1) is 11.6 Å². The van der Waals surface area contributed by atoms with E-state index < -0.39 is 0 Å². The molecule has 3 aliphatic carbocycles. The number of aryl methyl sites for hydroxylation is 1. The Morgan fingerprint density at radius 2 is 2.00 bits per heavy atom. The highest BCUT2D eigenvalue weighted by atomic mass is 16.1. The number of hydrogen-bond donors (Lipinski definition) is 0. The van der Waals surface area contributed by atoms with Crippen LogP contribution in [0.25, 0.3) is 0 Å². The second-order valence-electron chi connectivity index (χ2n) is 6.18. The van der Waals surface area contributed by atoms with Crippen LogP contribution in [0.2, 0.25) is 0 Å². The van der Waals surface area contributed by atoms with Crippen molar-refractivity contribution in [3.63, 3.8) is 0 Å². The van der Waals surface area contributed by atoms with Crippen molar-refractivity contribution in [3.05, 3.63) is 29.6 Å². The van der Waals surface area contributed by atoms with Gasteiger partial charge in [0.25, 0.3) is 0 Å². The van der Waals surface area contributed by atoms with Gasteiger partial charge in [-0.2, -0.15) is 0 Å². The van der Waals surface area contributed by atoms with Crippen LogP contribution in [0.15, 0.2) is 18.3 Å². The van der Waals surface area contributed by atoms with Gasteiger partial charge in [-0.25, -0.2) is 0 Å². The molecule has 3 atom stereocenters. The Hall–Kier alpha value is -1.18. The van der Waals surface area contributed by atoms with Crippen LogP contribution in [0.4, 0.5) is 0 Å². The van der Waals surface area contributed by atoms with Crippen molar-refractivity contribution in [1.29, 1.82) is 0 Å². The number of nitrogens with zero attached hydrogens (tertiary/aromatic N) is 1. The zero-order valence-electron chi connectivity index (χ0n) is 10.6. The molecule has 2 saturated carbocycles. The fourth-order valence-electron chi connectivity index (χ4n) is 4.36. The number of rotatable bonds is 2. The maximum Gasteiger partial charge on any atom is 0.145 e. The lowest BCUT2D eigenvalue weighted by molar-refractivity contribution is -0.122. The molecule has 2 nitrogen and oxygen atoms in total. The summed E-state index contributed by atoms with van der Waals surface area (Å²) in [6.07, 6.45) is 9.06. The number of hydrogen-bond acceptors (Lipinski definition) is 2. The zero-order chi connectivity index (χ0) is 12.1. The fourth-order valence-corrected chi connectivity index (χ4v) is 4.36. The monoisotopic (exact) mass is 241 g/mol. The lowest BCUT2D eigenvalue weighted by atomic mass is 9.81. The number of Topliss-reactive ketones (excluding diaryl/α,β-unsaturated/α-hetero) is 1. The highest BCUT2D eigenvalue weighted by Crippen LogP contribution is 2.59. The summed E-state index contributed by atoms with van der Waals surface area (Å²) in [4.78, 5) is 17.2. The number of fused-ring (bicyclic) bond motifs is 2. The molecule has 1 aromatic heterocycles. The lowest BCUT2D eigenvalue weighted by Crippen LogP contribution is -2.22. The van der Waals surface area contributed by atoms with Crippen LogP contribution in [0.1, 0.15) is 49.3 Å². The molecule has 0 saturated heterocycles. The first-order chi connectivity index (χ1) is 8.86. The summed E-state index contributed by atoms with van der Waals surface area (Å²) in [6, 6.07) is 4.15. The van der Waals surface area contributed by atoms with Gasteiger partial charge < -0.3 is 0 Å². The van der Waals surface area contributed by atoms with Crippen LogP contribution < -0.4 is 0 Å². The van der Waals surface area contributed by atoms with E-state index in [1.54, 1.807) is 0 Å². The first-order valence-corrected chi connectivity index (χ1v) is 7.34. The number of aromatic nitrogens is 1. The van der Waals surface area contributed by atoms with Crippen LogP contribution in [0, 0.1) is 17.8 Å². The van der Waals surface area contributed by atoms with Gasteiger partial charge in [0.2, 0.25) is 0 Å². The second kappa shape index (κ2) is 3.91. The minimum Gasteiger partial charge on any atom is -0.299 e. The van der Waals surface area contributed by atoms with E-state index in [0.29, 0.717) is 11.7 Å². The predicted molar refractivity (Wildman–Crippen MR) is 69.2 cm³/mol. The molecule has 2 fully saturated rings. The normalized spacial score (nSPS) is 36.9. The highest BCUT2D eigenvalue weighted by molar-refractivity contribution is 5.90. The Morgan fingerprint density at radius 3 is 2.83 bits per heavy atom. The predicted octanol–water partition coefficient (Wildman–Crippen LogP) is 3.12. The van der Waals surface area contributed by atoms with E-state index in [2.05, 4.69) is 11.1 Å². The second-order valence-corrected chi connectivity index (χ2v) is 6.18. The Labute approximate surface area is 108 Å². The van der Waals surface area contributed by atoms with E-state index in [9.17, 15) is 4.79 Å². The number of ketones is 1. The van der Waals surface area contributed by atoms with Gasteiger partial charge in [-0.3, -0.25) is 9.78 Å². The van der Waals surface area contributed by atoms with Gasteiger partial charge in [-0.05, 0) is 55.6 Å². The van der Waals surface area contributed by atoms with Crippen molar-refractivity contribution in [2.24, 2.45) is 17.8 Å². The molecule has 0 spiro atoms. The average Bonchev–Trinajstić information content (AvgIpc) is 2.90. The minimum atomic E-state index is 0.116. The first kappa shape index (κ1) is 10.7. The van der Waals surface area contributed by atoms with Gasteiger partial charge in [0.15, 0.2) is 0 Å². The maximum atomic E-state index is 12.7. The molecule has 0 radical (unpaired) electrons.